The van der Waals surface area contributed by atoms with Crippen molar-refractivity contribution in [3.8, 4) is 0 Å². The number of piperazine rings is 1. The van der Waals surface area contributed by atoms with Gasteiger partial charge in [0.15, 0.2) is 0 Å². The molecule has 6 heteroatoms. The largest absolute Gasteiger partial charge is 0.383 e. The zero-order valence-corrected chi connectivity index (χ0v) is 17.6. The van der Waals surface area contributed by atoms with Crippen LogP contribution in [0.15, 0.2) is 24.3 Å². The monoisotopic (exact) mass is 376 g/mol. The Kier molecular flexibility index (Phi) is 8.07. The molecule has 1 heterocycles. The molecule has 0 atom stereocenters. The Labute approximate surface area is 164 Å². The van der Waals surface area contributed by atoms with Gasteiger partial charge in [-0.1, -0.05) is 24.3 Å². The molecule has 1 N–H and O–H groups in total. The first-order chi connectivity index (χ1) is 12.8. The molecule has 0 bridgehead atoms. The molecule has 1 fully saturated rings. The molecule has 1 aromatic carbocycles. The van der Waals surface area contributed by atoms with Crippen LogP contribution in [0.4, 0.5) is 4.79 Å². The average molecular weight is 377 g/mol. The second kappa shape index (κ2) is 10.1. The number of amides is 2. The van der Waals surface area contributed by atoms with Crippen molar-refractivity contribution in [1.82, 2.24) is 20.0 Å². The van der Waals surface area contributed by atoms with Crippen molar-refractivity contribution in [1.29, 1.82) is 0 Å². The first-order valence-corrected chi connectivity index (χ1v) is 9.83. The van der Waals surface area contributed by atoms with Gasteiger partial charge in [-0.25, -0.2) is 4.79 Å². The van der Waals surface area contributed by atoms with Gasteiger partial charge in [0.05, 0.1) is 6.61 Å². The number of nitrogens with one attached hydrogen (secondary N) is 1. The second-order valence-electron chi connectivity index (χ2n) is 8.10. The van der Waals surface area contributed by atoms with Crippen LogP contribution in [0.25, 0.3) is 0 Å². The van der Waals surface area contributed by atoms with Crippen molar-refractivity contribution in [3.63, 3.8) is 0 Å². The van der Waals surface area contributed by atoms with Crippen LogP contribution in [0.5, 0.6) is 0 Å². The molecule has 0 aromatic heterocycles. The summed E-state index contributed by atoms with van der Waals surface area (Å²) in [4.78, 5) is 19.5. The van der Waals surface area contributed by atoms with Gasteiger partial charge in [-0.3, -0.25) is 4.90 Å². The molecule has 0 spiro atoms. The summed E-state index contributed by atoms with van der Waals surface area (Å²) in [5.41, 5.74) is 2.31. The second-order valence-corrected chi connectivity index (χ2v) is 8.10. The van der Waals surface area contributed by atoms with Crippen molar-refractivity contribution in [3.05, 3.63) is 35.4 Å². The van der Waals surface area contributed by atoms with Crippen LogP contribution >= 0.6 is 0 Å². The Balaban J connectivity index is 1.95. The molecule has 0 radical (unpaired) electrons. The van der Waals surface area contributed by atoms with Gasteiger partial charge in [-0.2, -0.15) is 0 Å². The van der Waals surface area contributed by atoms with Crippen LogP contribution in [0.3, 0.4) is 0 Å². The normalized spacial score (nSPS) is 16.3. The lowest BCUT2D eigenvalue weighted by atomic mass is 10.0. The predicted octanol–water partition coefficient (Wildman–Crippen LogP) is 2.18. The molecule has 1 saturated heterocycles. The minimum absolute atomic E-state index is 0.0301. The fourth-order valence-corrected chi connectivity index (χ4v) is 3.37. The minimum atomic E-state index is -0.0630. The first-order valence-electron chi connectivity index (χ1n) is 9.83. The highest BCUT2D eigenvalue weighted by molar-refractivity contribution is 5.74. The van der Waals surface area contributed by atoms with Crippen molar-refractivity contribution < 1.29 is 9.53 Å². The van der Waals surface area contributed by atoms with E-state index >= 15 is 0 Å². The van der Waals surface area contributed by atoms with E-state index in [0.717, 1.165) is 26.2 Å². The summed E-state index contributed by atoms with van der Waals surface area (Å²) in [5.74, 6) is 0. The number of benzene rings is 1. The quantitative estimate of drug-likeness (QED) is 0.756. The summed E-state index contributed by atoms with van der Waals surface area (Å²) < 4.78 is 5.21. The van der Waals surface area contributed by atoms with Crippen molar-refractivity contribution in [2.75, 3.05) is 60.0 Å². The molecule has 1 aromatic rings. The zero-order chi connectivity index (χ0) is 19.9. The van der Waals surface area contributed by atoms with Crippen molar-refractivity contribution >= 4 is 6.03 Å². The van der Waals surface area contributed by atoms with E-state index in [9.17, 15) is 4.79 Å². The van der Waals surface area contributed by atoms with Gasteiger partial charge >= 0.3 is 6.03 Å². The van der Waals surface area contributed by atoms with Crippen molar-refractivity contribution in [2.24, 2.45) is 0 Å². The third-order valence-corrected chi connectivity index (χ3v) is 5.51. The lowest BCUT2D eigenvalue weighted by Gasteiger charge is -2.43. The van der Waals surface area contributed by atoms with Crippen LogP contribution < -0.4 is 5.32 Å². The Hall–Kier alpha value is -1.63. The number of aryl methyl sites for hydroxylation is 1. The number of rotatable bonds is 8. The molecule has 2 rings (SSSR count). The fourth-order valence-electron chi connectivity index (χ4n) is 3.37. The number of carbonyl (C=O) groups is 1. The third-order valence-electron chi connectivity index (χ3n) is 5.51. The van der Waals surface area contributed by atoms with E-state index in [1.54, 1.807) is 7.11 Å². The molecular formula is C21H36N4O2. The number of methoxy groups -OCH3 is 1. The highest BCUT2D eigenvalue weighted by atomic mass is 16.5. The van der Waals surface area contributed by atoms with Crippen LogP contribution in [0.1, 0.15) is 25.0 Å². The maximum absolute atomic E-state index is 12.9. The maximum Gasteiger partial charge on any atom is 0.317 e. The van der Waals surface area contributed by atoms with E-state index in [1.807, 2.05) is 17.0 Å². The summed E-state index contributed by atoms with van der Waals surface area (Å²) >= 11 is 0. The number of urea groups is 1. The molecule has 2 amide bonds. The average Bonchev–Trinajstić information content (AvgIpc) is 2.65. The van der Waals surface area contributed by atoms with Crippen molar-refractivity contribution in [2.45, 2.75) is 32.9 Å². The SMILES string of the molecule is COCCN(Cc1ccccc1C)C(=O)NCC(C)(C)N1CCN(C)CC1. The molecular weight excluding hydrogens is 340 g/mol. The molecule has 27 heavy (non-hydrogen) atoms. The van der Waals surface area contributed by atoms with Crippen LogP contribution in [-0.4, -0.2) is 86.3 Å². The van der Waals surface area contributed by atoms with Gasteiger partial charge in [0, 0.05) is 58.5 Å². The lowest BCUT2D eigenvalue weighted by Crippen LogP contribution is -2.58. The van der Waals surface area contributed by atoms with Crippen LogP contribution in [-0.2, 0) is 11.3 Å². The first kappa shape index (κ1) is 21.7. The van der Waals surface area contributed by atoms with E-state index in [2.05, 4.69) is 55.1 Å². The molecule has 1 aliphatic heterocycles. The van der Waals surface area contributed by atoms with Gasteiger partial charge in [0.25, 0.3) is 0 Å². The Bertz CT molecular complexity index is 598. The van der Waals surface area contributed by atoms with Gasteiger partial charge in [0.2, 0.25) is 0 Å². The Morgan fingerprint density at radius 3 is 2.52 bits per heavy atom. The number of ether oxygens (including phenoxy) is 1. The lowest BCUT2D eigenvalue weighted by molar-refractivity contribution is 0.0617. The standard InChI is InChI=1S/C21H36N4O2/c1-18-8-6-7-9-19(18)16-24(14-15-27-5)20(26)22-17-21(2,3)25-12-10-23(4)11-13-25/h6-9H,10-17H2,1-5H3,(H,22,26). The molecule has 6 nitrogen and oxygen atoms in total. The molecule has 0 unspecified atom stereocenters. The molecule has 1 aliphatic rings. The van der Waals surface area contributed by atoms with Gasteiger partial charge in [-0.05, 0) is 38.9 Å². The van der Waals surface area contributed by atoms with Crippen LogP contribution in [0, 0.1) is 6.92 Å². The van der Waals surface area contributed by atoms with E-state index in [0.29, 0.717) is 26.2 Å². The Morgan fingerprint density at radius 2 is 1.89 bits per heavy atom. The number of hydrogen-bond acceptors (Lipinski definition) is 4. The number of hydrogen-bond donors (Lipinski definition) is 1. The Morgan fingerprint density at radius 1 is 1.22 bits per heavy atom. The summed E-state index contributed by atoms with van der Waals surface area (Å²) in [6.45, 7) is 13.1. The number of carbonyl (C=O) groups excluding carboxylic acids is 1. The predicted molar refractivity (Wildman–Crippen MR) is 110 cm³/mol. The van der Waals surface area contributed by atoms with Gasteiger partial charge < -0.3 is 19.9 Å². The van der Waals surface area contributed by atoms with Crippen LogP contribution in [0.2, 0.25) is 0 Å². The zero-order valence-electron chi connectivity index (χ0n) is 17.6. The topological polar surface area (TPSA) is 48.1 Å². The summed E-state index contributed by atoms with van der Waals surface area (Å²) in [6.07, 6.45) is 0. The van der Waals surface area contributed by atoms with Gasteiger partial charge in [-0.15, -0.1) is 0 Å². The molecule has 152 valence electrons. The fraction of sp³-hybridized carbons (Fsp3) is 0.667. The number of likely N-dealkylation sites (N-methyl/N-ethyl adjacent to an activating group) is 1. The highest BCUT2D eigenvalue weighted by Crippen LogP contribution is 2.16. The smallest absolute Gasteiger partial charge is 0.317 e. The van der Waals surface area contributed by atoms with E-state index in [-0.39, 0.29) is 11.6 Å². The van der Waals surface area contributed by atoms with Gasteiger partial charge in [0.1, 0.15) is 0 Å². The highest BCUT2D eigenvalue weighted by Gasteiger charge is 2.30. The van der Waals surface area contributed by atoms with E-state index < -0.39 is 0 Å². The van der Waals surface area contributed by atoms with E-state index in [4.69, 9.17) is 4.74 Å². The minimum Gasteiger partial charge on any atom is -0.383 e. The van der Waals surface area contributed by atoms with E-state index in [1.165, 1.54) is 11.1 Å². The summed E-state index contributed by atoms with van der Waals surface area (Å²) in [6, 6.07) is 8.18. The summed E-state index contributed by atoms with van der Waals surface area (Å²) in [7, 11) is 3.83. The molecule has 0 saturated carbocycles. The summed E-state index contributed by atoms with van der Waals surface area (Å²) in [5, 5.41) is 3.16. The third kappa shape index (κ3) is 6.48. The molecule has 0 aliphatic carbocycles. The number of nitrogens with zero attached hydrogens (tertiary/aromatic N) is 3. The maximum atomic E-state index is 12.9.